The second-order valence-corrected chi connectivity index (χ2v) is 5.40. The molecule has 0 unspecified atom stereocenters. The van der Waals surface area contributed by atoms with E-state index in [1.54, 1.807) is 18.2 Å². The Labute approximate surface area is 134 Å². The van der Waals surface area contributed by atoms with Gasteiger partial charge in [-0.2, -0.15) is 10.2 Å². The molecule has 0 aliphatic carbocycles. The van der Waals surface area contributed by atoms with E-state index in [-0.39, 0.29) is 6.61 Å². The Bertz CT molecular complexity index is 723. The molecule has 1 aromatic carbocycles. The molecule has 0 spiro atoms. The molecule has 1 fully saturated rings. The van der Waals surface area contributed by atoms with Gasteiger partial charge in [0.05, 0.1) is 11.6 Å². The molecule has 1 aliphatic rings. The van der Waals surface area contributed by atoms with Gasteiger partial charge in [0.1, 0.15) is 18.2 Å². The third kappa shape index (κ3) is 3.96. The zero-order valence-electron chi connectivity index (χ0n) is 12.6. The molecule has 1 atom stereocenters. The minimum atomic E-state index is -0.449. The summed E-state index contributed by atoms with van der Waals surface area (Å²) in [5, 5.41) is 15.4. The zero-order valence-corrected chi connectivity index (χ0v) is 12.6. The van der Waals surface area contributed by atoms with Crippen molar-refractivity contribution in [2.75, 3.05) is 18.4 Å². The van der Waals surface area contributed by atoms with Crippen LogP contribution in [0.3, 0.4) is 0 Å². The quantitative estimate of drug-likeness (QED) is 0.887. The van der Waals surface area contributed by atoms with Crippen LogP contribution in [-0.2, 0) is 6.61 Å². The number of pyridine rings is 1. The molecule has 1 aromatic heterocycles. The molecule has 2 heterocycles. The third-order valence-corrected chi connectivity index (χ3v) is 3.69. The van der Waals surface area contributed by atoms with Crippen LogP contribution in [0.15, 0.2) is 36.4 Å². The lowest BCUT2D eigenvalue weighted by Gasteiger charge is -2.13. The highest BCUT2D eigenvalue weighted by Crippen LogP contribution is 2.17. The van der Waals surface area contributed by atoms with Crippen LogP contribution in [0.2, 0.25) is 0 Å². The maximum Gasteiger partial charge on any atom is 0.215 e. The summed E-state index contributed by atoms with van der Waals surface area (Å²) in [7, 11) is 0. The van der Waals surface area contributed by atoms with Gasteiger partial charge in [0, 0.05) is 24.2 Å². The Morgan fingerprint density at radius 1 is 1.39 bits per heavy atom. The topological polar surface area (TPSA) is 70.0 Å². The van der Waals surface area contributed by atoms with Crippen molar-refractivity contribution in [3.8, 4) is 11.9 Å². The molecule has 0 bridgehead atoms. The molecule has 3 rings (SSSR count). The van der Waals surface area contributed by atoms with Gasteiger partial charge in [-0.15, -0.1) is 0 Å². The van der Waals surface area contributed by atoms with E-state index < -0.39 is 5.82 Å². The van der Waals surface area contributed by atoms with Gasteiger partial charge in [-0.25, -0.2) is 4.39 Å². The largest absolute Gasteiger partial charge is 0.473 e. The van der Waals surface area contributed by atoms with Crippen LogP contribution in [0.1, 0.15) is 17.5 Å². The van der Waals surface area contributed by atoms with E-state index in [0.29, 0.717) is 23.0 Å². The second kappa shape index (κ2) is 7.07. The zero-order chi connectivity index (χ0) is 16.1. The highest BCUT2D eigenvalue weighted by atomic mass is 19.1. The Kier molecular flexibility index (Phi) is 4.69. The molecule has 2 aromatic rings. The Hall–Kier alpha value is -2.65. The molecule has 1 aliphatic heterocycles. The molecule has 118 valence electrons. The molecular weight excluding hydrogens is 295 g/mol. The van der Waals surface area contributed by atoms with Gasteiger partial charge in [-0.1, -0.05) is 12.1 Å². The average Bonchev–Trinajstić information content (AvgIpc) is 3.07. The SMILES string of the molecule is N#Cc1ccc(COc2cccc(N[C@H]3CCNC3)n2)c(F)c1. The van der Waals surface area contributed by atoms with Gasteiger partial charge in [0.2, 0.25) is 5.88 Å². The molecular formula is C17H17FN4O. The molecule has 6 heteroatoms. The third-order valence-electron chi connectivity index (χ3n) is 3.69. The number of nitriles is 1. The summed E-state index contributed by atoms with van der Waals surface area (Å²) in [4.78, 5) is 4.38. The first-order valence-electron chi connectivity index (χ1n) is 7.50. The van der Waals surface area contributed by atoms with Crippen molar-refractivity contribution in [3.05, 3.63) is 53.3 Å². The molecule has 23 heavy (non-hydrogen) atoms. The molecule has 0 amide bonds. The lowest BCUT2D eigenvalue weighted by molar-refractivity contribution is 0.288. The molecule has 0 saturated carbocycles. The predicted octanol–water partition coefficient (Wildman–Crippen LogP) is 2.45. The van der Waals surface area contributed by atoms with Crippen LogP contribution in [0.4, 0.5) is 10.2 Å². The van der Waals surface area contributed by atoms with Crippen molar-refractivity contribution >= 4 is 5.82 Å². The standard InChI is InChI=1S/C17H17FN4O/c18-15-8-12(9-19)4-5-13(15)11-23-17-3-1-2-16(22-17)21-14-6-7-20-10-14/h1-5,8,14,20H,6-7,10-11H2,(H,21,22)/t14-/m0/s1. The first-order chi connectivity index (χ1) is 11.2. The minimum absolute atomic E-state index is 0.0684. The Balaban J connectivity index is 1.63. The van der Waals surface area contributed by atoms with Crippen molar-refractivity contribution in [2.24, 2.45) is 0 Å². The maximum absolute atomic E-state index is 13.8. The van der Waals surface area contributed by atoms with E-state index in [1.165, 1.54) is 6.07 Å². The van der Waals surface area contributed by atoms with Crippen molar-refractivity contribution in [3.63, 3.8) is 0 Å². The fourth-order valence-electron chi connectivity index (χ4n) is 2.45. The van der Waals surface area contributed by atoms with Gasteiger partial charge in [0.25, 0.3) is 0 Å². The minimum Gasteiger partial charge on any atom is -0.473 e. The van der Waals surface area contributed by atoms with Crippen molar-refractivity contribution in [1.82, 2.24) is 10.3 Å². The summed E-state index contributed by atoms with van der Waals surface area (Å²) in [5.41, 5.74) is 0.685. The molecule has 1 saturated heterocycles. The van der Waals surface area contributed by atoms with Gasteiger partial charge in [0.15, 0.2) is 0 Å². The van der Waals surface area contributed by atoms with E-state index in [2.05, 4.69) is 15.6 Å². The Morgan fingerprint density at radius 3 is 3.04 bits per heavy atom. The number of nitrogens with zero attached hydrogens (tertiary/aromatic N) is 2. The maximum atomic E-state index is 13.8. The number of hydrogen-bond donors (Lipinski definition) is 2. The van der Waals surface area contributed by atoms with Crippen LogP contribution < -0.4 is 15.4 Å². The van der Waals surface area contributed by atoms with Crippen LogP contribution in [0, 0.1) is 17.1 Å². The summed E-state index contributed by atoms with van der Waals surface area (Å²) >= 11 is 0. The van der Waals surface area contributed by atoms with E-state index >= 15 is 0 Å². The fourth-order valence-corrected chi connectivity index (χ4v) is 2.45. The summed E-state index contributed by atoms with van der Waals surface area (Å²) in [6.07, 6.45) is 1.06. The highest BCUT2D eigenvalue weighted by molar-refractivity contribution is 5.38. The first-order valence-corrected chi connectivity index (χ1v) is 7.50. The monoisotopic (exact) mass is 312 g/mol. The normalized spacial score (nSPS) is 16.8. The number of nitrogens with one attached hydrogen (secondary N) is 2. The number of halogens is 1. The van der Waals surface area contributed by atoms with Gasteiger partial charge in [-0.05, 0) is 31.2 Å². The highest BCUT2D eigenvalue weighted by Gasteiger charge is 2.14. The fraction of sp³-hybridized carbons (Fsp3) is 0.294. The van der Waals surface area contributed by atoms with Gasteiger partial charge in [-0.3, -0.25) is 0 Å². The molecule has 5 nitrogen and oxygen atoms in total. The summed E-state index contributed by atoms with van der Waals surface area (Å²) < 4.78 is 19.4. The lowest BCUT2D eigenvalue weighted by Crippen LogP contribution is -2.22. The van der Waals surface area contributed by atoms with Crippen LogP contribution in [0.5, 0.6) is 5.88 Å². The summed E-state index contributed by atoms with van der Waals surface area (Å²) in [6.45, 7) is 1.99. The number of aromatic nitrogens is 1. The van der Waals surface area contributed by atoms with Crippen molar-refractivity contribution < 1.29 is 9.13 Å². The predicted molar refractivity (Wildman–Crippen MR) is 84.6 cm³/mol. The van der Waals surface area contributed by atoms with E-state index in [1.807, 2.05) is 18.2 Å². The number of ether oxygens (including phenoxy) is 1. The number of anilines is 1. The van der Waals surface area contributed by atoms with E-state index in [9.17, 15) is 4.39 Å². The summed E-state index contributed by atoms with van der Waals surface area (Å²) in [5.74, 6) is 0.733. The van der Waals surface area contributed by atoms with Crippen LogP contribution in [0.25, 0.3) is 0 Å². The van der Waals surface area contributed by atoms with Gasteiger partial charge < -0.3 is 15.4 Å². The van der Waals surface area contributed by atoms with Gasteiger partial charge >= 0.3 is 0 Å². The van der Waals surface area contributed by atoms with Crippen LogP contribution >= 0.6 is 0 Å². The Morgan fingerprint density at radius 2 is 2.30 bits per heavy atom. The van der Waals surface area contributed by atoms with E-state index in [4.69, 9.17) is 10.00 Å². The summed E-state index contributed by atoms with van der Waals surface area (Å²) in [6, 6.07) is 12.1. The molecule has 0 radical (unpaired) electrons. The number of hydrogen-bond acceptors (Lipinski definition) is 5. The first kappa shape index (κ1) is 15.3. The smallest absolute Gasteiger partial charge is 0.215 e. The lowest BCUT2D eigenvalue weighted by atomic mass is 10.1. The molecule has 2 N–H and O–H groups in total. The van der Waals surface area contributed by atoms with Crippen molar-refractivity contribution in [2.45, 2.75) is 19.1 Å². The average molecular weight is 312 g/mol. The van der Waals surface area contributed by atoms with Crippen molar-refractivity contribution in [1.29, 1.82) is 5.26 Å². The number of benzene rings is 1. The van der Waals surface area contributed by atoms with E-state index in [0.717, 1.165) is 25.3 Å². The second-order valence-electron chi connectivity index (χ2n) is 5.40. The number of rotatable bonds is 5. The van der Waals surface area contributed by atoms with Crippen LogP contribution in [-0.4, -0.2) is 24.1 Å².